The van der Waals surface area contributed by atoms with Crippen molar-refractivity contribution < 1.29 is 13.2 Å². The van der Waals surface area contributed by atoms with Crippen LogP contribution in [0.25, 0.3) is 0 Å². The van der Waals surface area contributed by atoms with Crippen LogP contribution in [0, 0.1) is 0 Å². The van der Waals surface area contributed by atoms with E-state index in [0.717, 1.165) is 12.8 Å². The first-order valence-electron chi connectivity index (χ1n) is 7.46. The standard InChI is InChI=1S/C15H21ClN2O3S/c1-3-11(2)17-15(19)12-6-7-13(16)14(10-12)18-8-4-5-9-22(18,20)21/h6-7,10-11H,3-5,8-9H2,1-2H3,(H,17,19)/t11-/m1/s1. The highest BCUT2D eigenvalue weighted by atomic mass is 35.5. The first-order chi connectivity index (χ1) is 10.3. The van der Waals surface area contributed by atoms with E-state index in [2.05, 4.69) is 5.32 Å². The number of nitrogens with one attached hydrogen (secondary N) is 1. The molecule has 1 amide bonds. The fourth-order valence-electron chi connectivity index (χ4n) is 2.31. The van der Waals surface area contributed by atoms with Gasteiger partial charge in [-0.1, -0.05) is 18.5 Å². The SMILES string of the molecule is CC[C@@H](C)NC(=O)c1ccc(Cl)c(N2CCCCS2(=O)=O)c1. The second kappa shape index (κ2) is 6.87. The van der Waals surface area contributed by atoms with Gasteiger partial charge in [0.1, 0.15) is 0 Å². The van der Waals surface area contributed by atoms with E-state index in [1.807, 2.05) is 13.8 Å². The second-order valence-corrected chi connectivity index (χ2v) is 7.96. The number of carbonyl (C=O) groups excluding carboxylic acids is 1. The quantitative estimate of drug-likeness (QED) is 0.913. The van der Waals surface area contributed by atoms with E-state index in [4.69, 9.17) is 11.6 Å². The van der Waals surface area contributed by atoms with Crippen LogP contribution in [0.15, 0.2) is 18.2 Å². The summed E-state index contributed by atoms with van der Waals surface area (Å²) in [6, 6.07) is 4.81. The highest BCUT2D eigenvalue weighted by molar-refractivity contribution is 7.92. The van der Waals surface area contributed by atoms with Gasteiger partial charge in [0, 0.05) is 18.2 Å². The molecule has 0 bridgehead atoms. The molecule has 1 N–H and O–H groups in total. The molecule has 1 fully saturated rings. The molecule has 0 aromatic heterocycles. The number of benzene rings is 1. The monoisotopic (exact) mass is 344 g/mol. The molecule has 1 atom stereocenters. The lowest BCUT2D eigenvalue weighted by atomic mass is 10.1. The average Bonchev–Trinajstić information content (AvgIpc) is 2.47. The van der Waals surface area contributed by atoms with E-state index in [-0.39, 0.29) is 17.7 Å². The van der Waals surface area contributed by atoms with Crippen LogP contribution >= 0.6 is 11.6 Å². The number of hydrogen-bond acceptors (Lipinski definition) is 3. The van der Waals surface area contributed by atoms with Crippen molar-refractivity contribution in [1.82, 2.24) is 5.32 Å². The van der Waals surface area contributed by atoms with Gasteiger partial charge in [0.05, 0.1) is 16.5 Å². The maximum absolute atomic E-state index is 12.2. The third-order valence-corrected chi connectivity index (χ3v) is 5.99. The number of halogens is 1. The third kappa shape index (κ3) is 3.73. The number of anilines is 1. The summed E-state index contributed by atoms with van der Waals surface area (Å²) in [6.45, 7) is 4.31. The average molecular weight is 345 g/mol. The fourth-order valence-corrected chi connectivity index (χ4v) is 4.23. The van der Waals surface area contributed by atoms with E-state index in [1.54, 1.807) is 18.2 Å². The maximum atomic E-state index is 12.2. The largest absolute Gasteiger partial charge is 0.350 e. The van der Waals surface area contributed by atoms with Gasteiger partial charge in [-0.25, -0.2) is 8.42 Å². The lowest BCUT2D eigenvalue weighted by Crippen LogP contribution is -2.38. The number of carbonyl (C=O) groups is 1. The Labute approximate surface area is 136 Å². The summed E-state index contributed by atoms with van der Waals surface area (Å²) < 4.78 is 25.7. The van der Waals surface area contributed by atoms with E-state index in [1.165, 1.54) is 4.31 Å². The molecule has 1 heterocycles. The minimum Gasteiger partial charge on any atom is -0.350 e. The first kappa shape index (κ1) is 17.1. The topological polar surface area (TPSA) is 66.5 Å². The van der Waals surface area contributed by atoms with Crippen molar-refractivity contribution in [3.63, 3.8) is 0 Å². The number of amides is 1. The van der Waals surface area contributed by atoms with Gasteiger partial charge in [-0.15, -0.1) is 0 Å². The first-order valence-corrected chi connectivity index (χ1v) is 9.44. The fraction of sp³-hybridized carbons (Fsp3) is 0.533. The van der Waals surface area contributed by atoms with Gasteiger partial charge in [0.2, 0.25) is 10.0 Å². The van der Waals surface area contributed by atoms with Crippen LogP contribution in [0.1, 0.15) is 43.5 Å². The van der Waals surface area contributed by atoms with Gasteiger partial charge >= 0.3 is 0 Å². The molecule has 1 saturated heterocycles. The Bertz CT molecular complexity index is 661. The van der Waals surface area contributed by atoms with E-state index in [9.17, 15) is 13.2 Å². The number of rotatable bonds is 4. The molecule has 1 aliphatic heterocycles. The summed E-state index contributed by atoms with van der Waals surface area (Å²) in [7, 11) is -3.35. The normalized spacial score (nSPS) is 18.8. The molecule has 0 radical (unpaired) electrons. The Morgan fingerprint density at radius 2 is 2.14 bits per heavy atom. The molecule has 7 heteroatoms. The molecular formula is C15H21ClN2O3S. The molecule has 122 valence electrons. The zero-order valence-electron chi connectivity index (χ0n) is 12.8. The molecule has 0 aliphatic carbocycles. The number of nitrogens with zero attached hydrogens (tertiary/aromatic N) is 1. The molecule has 2 rings (SSSR count). The molecule has 0 unspecified atom stereocenters. The maximum Gasteiger partial charge on any atom is 0.251 e. The minimum absolute atomic E-state index is 0.0605. The van der Waals surface area contributed by atoms with E-state index >= 15 is 0 Å². The van der Waals surface area contributed by atoms with Crippen LogP contribution < -0.4 is 9.62 Å². The molecule has 1 aromatic carbocycles. The highest BCUT2D eigenvalue weighted by Crippen LogP contribution is 2.31. The lowest BCUT2D eigenvalue weighted by Gasteiger charge is -2.29. The Morgan fingerprint density at radius 3 is 2.77 bits per heavy atom. The van der Waals surface area contributed by atoms with Gasteiger partial charge in [-0.05, 0) is 44.4 Å². The Kier molecular flexibility index (Phi) is 5.34. The van der Waals surface area contributed by atoms with Crippen molar-refractivity contribution in [2.75, 3.05) is 16.6 Å². The van der Waals surface area contributed by atoms with E-state index in [0.29, 0.717) is 29.2 Å². The van der Waals surface area contributed by atoms with Gasteiger partial charge in [0.25, 0.3) is 5.91 Å². The lowest BCUT2D eigenvalue weighted by molar-refractivity contribution is 0.0939. The molecule has 1 aromatic rings. The Hall–Kier alpha value is -1.27. The van der Waals surface area contributed by atoms with Crippen molar-refractivity contribution in [2.24, 2.45) is 0 Å². The van der Waals surface area contributed by atoms with Crippen LogP contribution in [-0.4, -0.2) is 32.7 Å². The summed E-state index contributed by atoms with van der Waals surface area (Å²) in [6.07, 6.45) is 2.27. The molecule has 22 heavy (non-hydrogen) atoms. The number of hydrogen-bond donors (Lipinski definition) is 1. The molecule has 0 saturated carbocycles. The van der Waals surface area contributed by atoms with Crippen LogP contribution in [0.3, 0.4) is 0 Å². The van der Waals surface area contributed by atoms with Gasteiger partial charge in [-0.2, -0.15) is 0 Å². The summed E-state index contributed by atoms with van der Waals surface area (Å²) in [5.74, 6) is -0.103. The summed E-state index contributed by atoms with van der Waals surface area (Å²) in [5, 5.41) is 3.20. The molecule has 1 aliphatic rings. The van der Waals surface area contributed by atoms with Crippen molar-refractivity contribution in [2.45, 2.75) is 39.2 Å². The Morgan fingerprint density at radius 1 is 1.41 bits per heavy atom. The predicted molar refractivity (Wildman–Crippen MR) is 89.0 cm³/mol. The highest BCUT2D eigenvalue weighted by Gasteiger charge is 2.28. The second-order valence-electron chi connectivity index (χ2n) is 5.54. The van der Waals surface area contributed by atoms with Crippen LogP contribution in [0.5, 0.6) is 0 Å². The van der Waals surface area contributed by atoms with Crippen LogP contribution in [0.4, 0.5) is 5.69 Å². The molecule has 5 nitrogen and oxygen atoms in total. The van der Waals surface area contributed by atoms with Crippen molar-refractivity contribution >= 4 is 33.2 Å². The third-order valence-electron chi connectivity index (χ3n) is 3.82. The van der Waals surface area contributed by atoms with E-state index < -0.39 is 10.0 Å². The molecule has 0 spiro atoms. The summed E-state index contributed by atoms with van der Waals surface area (Å²) in [4.78, 5) is 12.2. The predicted octanol–water partition coefficient (Wildman–Crippen LogP) is 2.80. The Balaban J connectivity index is 2.33. The zero-order chi connectivity index (χ0) is 16.3. The minimum atomic E-state index is -3.35. The zero-order valence-corrected chi connectivity index (χ0v) is 14.4. The van der Waals surface area contributed by atoms with Crippen LogP contribution in [-0.2, 0) is 10.0 Å². The molecular weight excluding hydrogens is 324 g/mol. The van der Waals surface area contributed by atoms with Crippen LogP contribution in [0.2, 0.25) is 5.02 Å². The van der Waals surface area contributed by atoms with Gasteiger partial charge in [0.15, 0.2) is 0 Å². The summed E-state index contributed by atoms with van der Waals surface area (Å²) >= 11 is 6.16. The smallest absolute Gasteiger partial charge is 0.251 e. The van der Waals surface area contributed by atoms with Gasteiger partial charge in [-0.3, -0.25) is 9.10 Å². The van der Waals surface area contributed by atoms with Gasteiger partial charge < -0.3 is 5.32 Å². The van der Waals surface area contributed by atoms with Crippen molar-refractivity contribution in [3.05, 3.63) is 28.8 Å². The van der Waals surface area contributed by atoms with Crippen molar-refractivity contribution in [1.29, 1.82) is 0 Å². The number of sulfonamides is 1. The summed E-state index contributed by atoms with van der Waals surface area (Å²) in [5.41, 5.74) is 0.804. The van der Waals surface area contributed by atoms with Crippen molar-refractivity contribution in [3.8, 4) is 0 Å².